The Hall–Kier alpha value is -1.88. The van der Waals surface area contributed by atoms with E-state index in [2.05, 4.69) is 10.6 Å². The van der Waals surface area contributed by atoms with E-state index in [1.54, 1.807) is 25.3 Å². The molecule has 0 atom stereocenters. The van der Waals surface area contributed by atoms with E-state index in [4.69, 9.17) is 4.74 Å². The summed E-state index contributed by atoms with van der Waals surface area (Å²) in [5, 5.41) is 5.70. The number of amides is 2. The van der Waals surface area contributed by atoms with Crippen LogP contribution in [0, 0.1) is 5.92 Å². The summed E-state index contributed by atoms with van der Waals surface area (Å²) in [6.45, 7) is 0.905. The number of para-hydroxylation sites is 1. The summed E-state index contributed by atoms with van der Waals surface area (Å²) in [5.74, 6) is -0.105. The average Bonchev–Trinajstić information content (AvgIpc) is 2.56. The number of anilines is 1. The molecule has 0 aliphatic heterocycles. The monoisotopic (exact) mass is 304 g/mol. The lowest BCUT2D eigenvalue weighted by Gasteiger charge is -2.21. The van der Waals surface area contributed by atoms with E-state index in [1.807, 2.05) is 6.07 Å². The van der Waals surface area contributed by atoms with Gasteiger partial charge in [-0.2, -0.15) is 0 Å². The van der Waals surface area contributed by atoms with Gasteiger partial charge in [0, 0.05) is 19.6 Å². The van der Waals surface area contributed by atoms with Crippen molar-refractivity contribution in [2.45, 2.75) is 32.1 Å². The molecule has 0 bridgehead atoms. The molecule has 22 heavy (non-hydrogen) atoms. The second-order valence-electron chi connectivity index (χ2n) is 5.62. The van der Waals surface area contributed by atoms with Crippen molar-refractivity contribution in [3.05, 3.63) is 29.8 Å². The first kappa shape index (κ1) is 16.5. The van der Waals surface area contributed by atoms with Crippen LogP contribution >= 0.6 is 0 Å². The van der Waals surface area contributed by atoms with Crippen molar-refractivity contribution < 1.29 is 14.3 Å². The molecule has 5 nitrogen and oxygen atoms in total. The van der Waals surface area contributed by atoms with E-state index < -0.39 is 0 Å². The SMILES string of the molecule is COCCNC(=O)c1ccccc1NC(=O)C1CCCCC1. The van der Waals surface area contributed by atoms with Gasteiger partial charge in [0.2, 0.25) is 5.91 Å². The standard InChI is InChI=1S/C17H24N2O3/c1-22-12-11-18-17(21)14-9-5-6-10-15(14)19-16(20)13-7-3-2-4-8-13/h5-6,9-10,13H,2-4,7-8,11-12H2,1H3,(H,18,21)(H,19,20). The second kappa shape index (κ2) is 8.54. The summed E-state index contributed by atoms with van der Waals surface area (Å²) in [7, 11) is 1.59. The Morgan fingerprint density at radius 1 is 1.18 bits per heavy atom. The zero-order chi connectivity index (χ0) is 15.8. The number of carbonyl (C=O) groups excluding carboxylic acids is 2. The Balaban J connectivity index is 2.01. The molecular weight excluding hydrogens is 280 g/mol. The number of nitrogens with one attached hydrogen (secondary N) is 2. The van der Waals surface area contributed by atoms with Crippen molar-refractivity contribution >= 4 is 17.5 Å². The molecule has 1 aromatic carbocycles. The van der Waals surface area contributed by atoms with E-state index in [0.717, 1.165) is 25.7 Å². The minimum Gasteiger partial charge on any atom is -0.383 e. The molecular formula is C17H24N2O3. The summed E-state index contributed by atoms with van der Waals surface area (Å²) < 4.78 is 4.92. The first-order valence-electron chi connectivity index (χ1n) is 7.89. The van der Waals surface area contributed by atoms with Gasteiger partial charge in [0.05, 0.1) is 17.9 Å². The fourth-order valence-corrected chi connectivity index (χ4v) is 2.75. The first-order chi connectivity index (χ1) is 10.7. The maximum absolute atomic E-state index is 12.3. The van der Waals surface area contributed by atoms with Crippen LogP contribution in [-0.4, -0.2) is 32.1 Å². The predicted molar refractivity (Wildman–Crippen MR) is 85.9 cm³/mol. The predicted octanol–water partition coefficient (Wildman–Crippen LogP) is 2.58. The molecule has 2 rings (SSSR count). The molecule has 0 unspecified atom stereocenters. The van der Waals surface area contributed by atoms with Crippen LogP contribution in [0.25, 0.3) is 0 Å². The number of ether oxygens (including phenoxy) is 1. The summed E-state index contributed by atoms with van der Waals surface area (Å²) >= 11 is 0. The van der Waals surface area contributed by atoms with Crippen LogP contribution in [0.3, 0.4) is 0 Å². The molecule has 2 N–H and O–H groups in total. The largest absolute Gasteiger partial charge is 0.383 e. The molecule has 1 aromatic rings. The summed E-state index contributed by atoms with van der Waals surface area (Å²) in [5.41, 5.74) is 1.07. The van der Waals surface area contributed by atoms with Gasteiger partial charge in [0.1, 0.15) is 0 Å². The lowest BCUT2D eigenvalue weighted by molar-refractivity contribution is -0.120. The highest BCUT2D eigenvalue weighted by Gasteiger charge is 2.22. The lowest BCUT2D eigenvalue weighted by Crippen LogP contribution is -2.29. The van der Waals surface area contributed by atoms with Crippen molar-refractivity contribution in [1.29, 1.82) is 0 Å². The molecule has 1 fully saturated rings. The molecule has 0 saturated heterocycles. The highest BCUT2D eigenvalue weighted by molar-refractivity contribution is 6.04. The first-order valence-corrected chi connectivity index (χ1v) is 7.89. The summed E-state index contributed by atoms with van der Waals surface area (Å²) in [6, 6.07) is 7.11. The molecule has 0 radical (unpaired) electrons. The van der Waals surface area contributed by atoms with Gasteiger partial charge in [-0.25, -0.2) is 0 Å². The topological polar surface area (TPSA) is 67.4 Å². The second-order valence-corrected chi connectivity index (χ2v) is 5.62. The van der Waals surface area contributed by atoms with Crippen LogP contribution in [0.4, 0.5) is 5.69 Å². The Morgan fingerprint density at radius 3 is 2.64 bits per heavy atom. The van der Waals surface area contributed by atoms with E-state index >= 15 is 0 Å². The van der Waals surface area contributed by atoms with Crippen molar-refractivity contribution in [3.63, 3.8) is 0 Å². The third kappa shape index (κ3) is 4.56. The van der Waals surface area contributed by atoms with Crippen molar-refractivity contribution in [1.82, 2.24) is 5.32 Å². The van der Waals surface area contributed by atoms with Crippen LogP contribution in [0.15, 0.2) is 24.3 Å². The molecule has 1 saturated carbocycles. The third-order valence-corrected chi connectivity index (χ3v) is 4.00. The minimum absolute atomic E-state index is 0.0249. The van der Waals surface area contributed by atoms with E-state index in [0.29, 0.717) is 24.4 Å². The Morgan fingerprint density at radius 2 is 1.91 bits per heavy atom. The fourth-order valence-electron chi connectivity index (χ4n) is 2.75. The quantitative estimate of drug-likeness (QED) is 0.794. The average molecular weight is 304 g/mol. The van der Waals surface area contributed by atoms with E-state index in [9.17, 15) is 9.59 Å². The summed E-state index contributed by atoms with van der Waals surface area (Å²) in [4.78, 5) is 24.5. The van der Waals surface area contributed by atoms with Gasteiger partial charge in [-0.05, 0) is 25.0 Å². The van der Waals surface area contributed by atoms with Crippen molar-refractivity contribution in [2.24, 2.45) is 5.92 Å². The number of benzene rings is 1. The molecule has 0 spiro atoms. The molecule has 0 aromatic heterocycles. The van der Waals surface area contributed by atoms with Crippen molar-refractivity contribution in [2.75, 3.05) is 25.6 Å². The van der Waals surface area contributed by atoms with Crippen LogP contribution in [0.5, 0.6) is 0 Å². The maximum atomic E-state index is 12.3. The third-order valence-electron chi connectivity index (χ3n) is 4.00. The molecule has 0 heterocycles. The number of carbonyl (C=O) groups is 2. The van der Waals surface area contributed by atoms with Gasteiger partial charge in [0.25, 0.3) is 5.91 Å². The number of rotatable bonds is 6. The molecule has 1 aliphatic carbocycles. The number of hydrogen-bond acceptors (Lipinski definition) is 3. The summed E-state index contributed by atoms with van der Waals surface area (Å²) in [6.07, 6.45) is 5.30. The highest BCUT2D eigenvalue weighted by Crippen LogP contribution is 2.25. The normalized spacial score (nSPS) is 15.3. The fraction of sp³-hybridized carbons (Fsp3) is 0.529. The molecule has 5 heteroatoms. The lowest BCUT2D eigenvalue weighted by atomic mass is 9.88. The number of methoxy groups -OCH3 is 1. The molecule has 120 valence electrons. The zero-order valence-corrected chi connectivity index (χ0v) is 13.1. The highest BCUT2D eigenvalue weighted by atomic mass is 16.5. The van der Waals surface area contributed by atoms with Gasteiger partial charge < -0.3 is 15.4 Å². The van der Waals surface area contributed by atoms with Crippen LogP contribution < -0.4 is 10.6 Å². The smallest absolute Gasteiger partial charge is 0.253 e. The Kier molecular flexibility index (Phi) is 6.40. The van der Waals surface area contributed by atoms with Crippen LogP contribution in [-0.2, 0) is 9.53 Å². The molecule has 2 amide bonds. The van der Waals surface area contributed by atoms with Crippen LogP contribution in [0.2, 0.25) is 0 Å². The zero-order valence-electron chi connectivity index (χ0n) is 13.1. The number of hydrogen-bond donors (Lipinski definition) is 2. The molecule has 1 aliphatic rings. The van der Waals surface area contributed by atoms with Crippen LogP contribution in [0.1, 0.15) is 42.5 Å². The van der Waals surface area contributed by atoms with Gasteiger partial charge in [-0.15, -0.1) is 0 Å². The Labute approximate surface area is 131 Å². The van der Waals surface area contributed by atoms with Gasteiger partial charge in [-0.3, -0.25) is 9.59 Å². The van der Waals surface area contributed by atoms with Gasteiger partial charge in [0.15, 0.2) is 0 Å². The van der Waals surface area contributed by atoms with Crippen molar-refractivity contribution in [3.8, 4) is 0 Å². The minimum atomic E-state index is -0.198. The Bertz CT molecular complexity index is 510. The van der Waals surface area contributed by atoms with E-state index in [-0.39, 0.29) is 17.7 Å². The van der Waals surface area contributed by atoms with Gasteiger partial charge in [-0.1, -0.05) is 31.4 Å². The van der Waals surface area contributed by atoms with Gasteiger partial charge >= 0.3 is 0 Å². The van der Waals surface area contributed by atoms with E-state index in [1.165, 1.54) is 6.42 Å². The maximum Gasteiger partial charge on any atom is 0.253 e.